The van der Waals surface area contributed by atoms with Crippen molar-refractivity contribution in [3.8, 4) is 29.9 Å². The van der Waals surface area contributed by atoms with Gasteiger partial charge in [-0.1, -0.05) is 18.1 Å². The minimum absolute atomic E-state index is 0.0170. The second kappa shape index (κ2) is 22.1. The maximum Gasteiger partial charge on any atom is 0.388 e. The minimum Gasteiger partial charge on any atom is -0.481 e. The third-order valence-corrected chi connectivity index (χ3v) is 10.4. The molecule has 1 aliphatic carbocycles. The van der Waals surface area contributed by atoms with Crippen molar-refractivity contribution in [3.05, 3.63) is 65.0 Å². The van der Waals surface area contributed by atoms with Gasteiger partial charge in [0.15, 0.2) is 12.4 Å². The number of nitrogens with one attached hydrogen (secondary N) is 3. The molecule has 5 amide bonds. The summed E-state index contributed by atoms with van der Waals surface area (Å²) in [6.07, 6.45) is 7.41. The Hall–Kier alpha value is -7.25. The highest BCUT2D eigenvalue weighted by Crippen LogP contribution is 2.42. The number of hydrogen-bond acceptors (Lipinski definition) is 15. The first-order valence-corrected chi connectivity index (χ1v) is 21.4. The first-order chi connectivity index (χ1) is 30.9. The number of imide groups is 1. The number of carboxylic acids is 2. The van der Waals surface area contributed by atoms with Crippen LogP contribution in [0.3, 0.4) is 0 Å². The van der Waals surface area contributed by atoms with Crippen molar-refractivity contribution in [1.29, 1.82) is 0 Å². The lowest BCUT2D eigenvalue weighted by atomic mass is 9.93. The summed E-state index contributed by atoms with van der Waals surface area (Å²) in [6.45, 7) is -7.52. The van der Waals surface area contributed by atoms with Gasteiger partial charge in [-0.25, -0.2) is 32.0 Å². The quantitative estimate of drug-likeness (QED) is 0.0528. The van der Waals surface area contributed by atoms with Gasteiger partial charge < -0.3 is 34.2 Å². The van der Waals surface area contributed by atoms with Gasteiger partial charge in [-0.15, -0.1) is 6.42 Å². The molecule has 66 heavy (non-hydrogen) atoms. The van der Waals surface area contributed by atoms with Crippen molar-refractivity contribution >= 4 is 70.6 Å². The molecule has 2 aromatic carbocycles. The van der Waals surface area contributed by atoms with Gasteiger partial charge in [0.2, 0.25) is 17.7 Å². The molecule has 3 aromatic rings. The van der Waals surface area contributed by atoms with Crippen molar-refractivity contribution < 1.29 is 97.9 Å². The minimum atomic E-state index is -4.71. The van der Waals surface area contributed by atoms with Gasteiger partial charge in [-0.3, -0.25) is 39.3 Å². The van der Waals surface area contributed by atoms with E-state index >= 15 is 0 Å². The van der Waals surface area contributed by atoms with Crippen molar-refractivity contribution in [3.63, 3.8) is 0 Å². The summed E-state index contributed by atoms with van der Waals surface area (Å²) >= 11 is 0. The van der Waals surface area contributed by atoms with Crippen molar-refractivity contribution in [2.75, 3.05) is 41.1 Å². The van der Waals surface area contributed by atoms with E-state index in [-0.39, 0.29) is 36.2 Å². The number of anilines is 3. The maximum absolute atomic E-state index is 14.7. The van der Waals surface area contributed by atoms with E-state index in [2.05, 4.69) is 30.7 Å². The van der Waals surface area contributed by atoms with Crippen LogP contribution in [0.5, 0.6) is 17.5 Å². The molecule has 0 radical (unpaired) electrons. The van der Waals surface area contributed by atoms with E-state index in [9.17, 15) is 63.7 Å². The summed E-state index contributed by atoms with van der Waals surface area (Å²) in [6, 6.07) is 5.59. The number of sulfonamides is 1. The largest absolute Gasteiger partial charge is 0.481 e. The van der Waals surface area contributed by atoms with Gasteiger partial charge >= 0.3 is 38.8 Å². The predicted octanol–water partition coefficient (Wildman–Crippen LogP) is 2.61. The van der Waals surface area contributed by atoms with E-state index in [1.807, 2.05) is 0 Å². The Morgan fingerprint density at radius 1 is 0.924 bits per heavy atom. The molecule has 0 atom stereocenters. The molecule has 0 spiro atoms. The number of halogens is 5. The van der Waals surface area contributed by atoms with Gasteiger partial charge in [-0.05, 0) is 43.9 Å². The van der Waals surface area contributed by atoms with Crippen LogP contribution in [-0.4, -0.2) is 113 Å². The number of urea groups is 1. The normalized spacial score (nSPS) is 14.5. The molecule has 6 rings (SSSR count). The smallest absolute Gasteiger partial charge is 0.388 e. The highest BCUT2D eigenvalue weighted by molar-refractivity contribution is 7.90. The lowest BCUT2D eigenvalue weighted by molar-refractivity contribution is -0.136. The molecule has 30 heteroatoms. The fourth-order valence-electron chi connectivity index (χ4n) is 5.86. The number of carboxylic acid groups (broad SMARTS) is 2. The summed E-state index contributed by atoms with van der Waals surface area (Å²) in [5, 5.41) is 20.8. The molecule has 354 valence electrons. The van der Waals surface area contributed by atoms with Crippen LogP contribution in [0.1, 0.15) is 36.0 Å². The number of terminal acetylenes is 1. The summed E-state index contributed by atoms with van der Waals surface area (Å²) in [4.78, 5) is 94.5. The Kier molecular flexibility index (Phi) is 17.2. The zero-order valence-electron chi connectivity index (χ0n) is 33.2. The standard InChI is InChI=1S/C19H15FN2O4.C14H10F4N4O7S.C3H8NO5P/c1-2-7-21-15-9-14(13(20)8-16(15)26-10-17(21)23)22-18(24)11-5-3-4-6-12(11)19(22)25;15-11(16)28-8-5-9(29-12(17)18)20-13(19-8)21-14(25)22-30(26,27)7-4-2-1-3-6(7)10(23)24;5-3(6)1-4-2-10(7,8)9/h1,8-9H,3-7,10H2;1-5,11-12H,(H,23,24)(H2,19,20,21,22,25);4H,1-2H2,(H,5,6)(H2,7,8,9). The third-order valence-electron chi connectivity index (χ3n) is 8.40. The Morgan fingerprint density at radius 2 is 1.50 bits per heavy atom. The number of rotatable bonds is 14. The maximum atomic E-state index is 14.7. The Labute approximate surface area is 367 Å². The number of carbonyl (C=O) groups is 6. The number of ether oxygens (including phenoxy) is 3. The molecule has 1 aromatic heterocycles. The zero-order chi connectivity index (χ0) is 49.1. The van der Waals surface area contributed by atoms with Crippen LogP contribution in [0, 0.1) is 18.2 Å². The number of hydrogen-bond donors (Lipinski definition) is 7. The molecule has 3 aliphatic rings. The number of nitrogens with zero attached hydrogens (tertiary/aromatic N) is 4. The van der Waals surface area contributed by atoms with Gasteiger partial charge in [0.1, 0.15) is 10.6 Å². The third kappa shape index (κ3) is 13.9. The van der Waals surface area contributed by atoms with E-state index in [0.717, 1.165) is 35.9 Å². The van der Waals surface area contributed by atoms with Gasteiger partial charge in [0.05, 0.1) is 42.4 Å². The van der Waals surface area contributed by atoms with Crippen LogP contribution in [0.4, 0.5) is 44.1 Å². The number of benzene rings is 2. The number of carbonyl (C=O) groups excluding carboxylic acids is 4. The van der Waals surface area contributed by atoms with E-state index in [1.54, 1.807) is 5.32 Å². The van der Waals surface area contributed by atoms with Gasteiger partial charge in [-0.2, -0.15) is 27.5 Å². The van der Waals surface area contributed by atoms with Crippen molar-refractivity contribution in [1.82, 2.24) is 20.0 Å². The monoisotopic (exact) mass is 977 g/mol. The lowest BCUT2D eigenvalue weighted by Crippen LogP contribution is -2.39. The highest BCUT2D eigenvalue weighted by Gasteiger charge is 2.42. The molecule has 0 unspecified atom stereocenters. The summed E-state index contributed by atoms with van der Waals surface area (Å²) < 4.78 is 113. The number of amides is 5. The van der Waals surface area contributed by atoms with E-state index in [0.29, 0.717) is 30.1 Å². The molecular weight excluding hydrogens is 944 g/mol. The molecule has 0 saturated carbocycles. The number of aromatic nitrogens is 2. The number of alkyl halides is 4. The Bertz CT molecular complexity index is 2590. The van der Waals surface area contributed by atoms with E-state index < -0.39 is 107 Å². The lowest BCUT2D eigenvalue weighted by Gasteiger charge is -2.29. The van der Waals surface area contributed by atoms with Crippen LogP contribution in [0.25, 0.3) is 0 Å². The molecule has 3 heterocycles. The van der Waals surface area contributed by atoms with Gasteiger partial charge in [0.25, 0.3) is 27.7 Å². The van der Waals surface area contributed by atoms with Crippen molar-refractivity contribution in [2.45, 2.75) is 43.8 Å². The average molecular weight is 978 g/mol. The molecule has 7 N–H and O–H groups in total. The second-order valence-corrected chi connectivity index (χ2v) is 16.3. The van der Waals surface area contributed by atoms with E-state index in [1.165, 1.54) is 27.8 Å². The summed E-state index contributed by atoms with van der Waals surface area (Å²) in [7, 11) is -8.81. The van der Waals surface area contributed by atoms with Crippen LogP contribution in [-0.2, 0) is 33.8 Å². The summed E-state index contributed by atoms with van der Waals surface area (Å²) in [5.74, 6) is -5.19. The number of fused-ring (bicyclic) bond motifs is 1. The van der Waals surface area contributed by atoms with Crippen LogP contribution in [0.15, 0.2) is 58.5 Å². The topological polar surface area (TPSA) is 331 Å². The van der Waals surface area contributed by atoms with Crippen LogP contribution in [0.2, 0.25) is 0 Å². The Balaban J connectivity index is 0.000000241. The fourth-order valence-corrected chi connectivity index (χ4v) is 7.37. The zero-order valence-corrected chi connectivity index (χ0v) is 34.9. The Morgan fingerprint density at radius 3 is 2.02 bits per heavy atom. The highest BCUT2D eigenvalue weighted by atomic mass is 32.2. The first kappa shape index (κ1) is 51.4. The molecule has 23 nitrogen and oxygen atoms in total. The fraction of sp³-hybridized carbons (Fsp3) is 0.278. The van der Waals surface area contributed by atoms with Crippen molar-refractivity contribution in [2.24, 2.45) is 0 Å². The average Bonchev–Trinajstić information content (AvgIpc) is 3.46. The second-order valence-electron chi connectivity index (χ2n) is 13.0. The predicted molar refractivity (Wildman–Crippen MR) is 212 cm³/mol. The van der Waals surface area contributed by atoms with Gasteiger partial charge in [0, 0.05) is 17.2 Å². The number of aromatic carboxylic acids is 1. The SMILES string of the molecule is C#CCN1C(=O)COc2cc(F)c(N3C(=O)C4=C(CCCC4)C3=O)cc21.O=C(Nc1nc(OC(F)F)cc(OC(F)F)n1)NS(=O)(=O)c1ccccc1C(=O)O.O=C(O)CNCP(=O)(O)O. The molecule has 0 saturated heterocycles. The first-order valence-electron chi connectivity index (χ1n) is 18.1. The molecule has 0 fully saturated rings. The molecule has 2 aliphatic heterocycles. The molecule has 0 bridgehead atoms. The number of aliphatic carboxylic acids is 1. The summed E-state index contributed by atoms with van der Waals surface area (Å²) in [5.41, 5.74) is 0.348. The van der Waals surface area contributed by atoms with Crippen LogP contribution < -0.4 is 39.4 Å². The van der Waals surface area contributed by atoms with E-state index in [4.69, 9.17) is 31.2 Å². The molecular formula is C36H33F5N7O16PS. The van der Waals surface area contributed by atoms with Crippen LogP contribution >= 0.6 is 7.60 Å².